The van der Waals surface area contributed by atoms with Gasteiger partial charge in [-0.05, 0) is 103 Å². The number of aromatic nitrogens is 1. The molecule has 0 bridgehead atoms. The van der Waals surface area contributed by atoms with Crippen LogP contribution in [0.5, 0.6) is 0 Å². The van der Waals surface area contributed by atoms with Crippen LogP contribution in [0.25, 0.3) is 23.3 Å². The molecule has 0 unspecified atom stereocenters. The minimum absolute atomic E-state index is 0. The van der Waals surface area contributed by atoms with E-state index in [2.05, 4.69) is 61.7 Å². The van der Waals surface area contributed by atoms with E-state index in [4.69, 9.17) is 4.98 Å². The van der Waals surface area contributed by atoms with Crippen molar-refractivity contribution in [2.24, 2.45) is 5.41 Å². The number of carboxylic acid groups (broad SMARTS) is 1. The van der Waals surface area contributed by atoms with E-state index >= 15 is 0 Å². The Hall–Kier alpha value is -1.41. The third-order valence-electron chi connectivity index (χ3n) is 7.17. The van der Waals surface area contributed by atoms with Crippen LogP contribution in [0.2, 0.25) is 0 Å². The topological polar surface area (TPSA) is 73.2 Å². The largest absolute Gasteiger partial charge is 1.00 e. The van der Waals surface area contributed by atoms with E-state index in [1.165, 1.54) is 0 Å². The van der Waals surface area contributed by atoms with Crippen molar-refractivity contribution >= 4 is 41.2 Å². The second-order valence-corrected chi connectivity index (χ2v) is 13.3. The molecule has 4 nitrogen and oxygen atoms in total. The number of carbonyl (C=O) groups excluding carboxylic acids is 1. The van der Waals surface area contributed by atoms with Crippen LogP contribution in [0.1, 0.15) is 86.7 Å². The van der Waals surface area contributed by atoms with Gasteiger partial charge in [-0.3, -0.25) is 0 Å². The molecule has 0 atom stereocenters. The zero-order valence-corrected chi connectivity index (χ0v) is 27.5. The van der Waals surface area contributed by atoms with E-state index in [1.54, 1.807) is 11.3 Å². The molecule has 2 aromatic carbocycles. The van der Waals surface area contributed by atoms with Crippen LogP contribution < -0.4 is 34.7 Å². The predicted octanol–water partition coefficient (Wildman–Crippen LogP) is 3.92. The molecule has 1 aliphatic carbocycles. The van der Waals surface area contributed by atoms with Gasteiger partial charge in [-0.25, -0.2) is 4.98 Å². The third-order valence-corrected chi connectivity index (χ3v) is 9.39. The van der Waals surface area contributed by atoms with Crippen molar-refractivity contribution in [1.82, 2.24) is 4.98 Å². The van der Waals surface area contributed by atoms with Crippen molar-refractivity contribution in [2.45, 2.75) is 71.3 Å². The molecule has 7 heteroatoms. The Balaban J connectivity index is 0.00000420. The third kappa shape index (κ3) is 8.79. The fourth-order valence-corrected chi connectivity index (χ4v) is 7.14. The van der Waals surface area contributed by atoms with Gasteiger partial charge in [0.2, 0.25) is 0 Å². The molecule has 1 saturated carbocycles. The first kappa shape index (κ1) is 32.1. The molecule has 0 saturated heterocycles. The molecular formula is C32H38NNaO3S2. The van der Waals surface area contributed by atoms with E-state index in [0.29, 0.717) is 5.92 Å². The maximum Gasteiger partial charge on any atom is 1.00 e. The summed E-state index contributed by atoms with van der Waals surface area (Å²) in [5.41, 5.74) is 5.45. The van der Waals surface area contributed by atoms with Crippen LogP contribution in [-0.2, 0) is 16.8 Å². The molecule has 1 aromatic heterocycles. The summed E-state index contributed by atoms with van der Waals surface area (Å²) < 4.78 is 0. The second kappa shape index (κ2) is 14.0. The van der Waals surface area contributed by atoms with Crippen LogP contribution >= 0.6 is 23.1 Å². The standard InChI is InChI=1S/C32H39NO3S2.Na/c1-22(2)27-20-38-28(33-27)15-14-23-9-5-6-12-25(23)26-13-7-10-24(30(26)31(3,4)36)11-8-18-37-21-32(16-17-32)19-29(34)35;/h5-7,9-10,12-15,20,22,36H,8,11,16-19,21H2,1-4H3,(H,34,35);/q;+1/p-1. The van der Waals surface area contributed by atoms with Crippen LogP contribution in [-0.4, -0.2) is 27.6 Å². The fraction of sp³-hybridized carbons (Fsp3) is 0.438. The van der Waals surface area contributed by atoms with Crippen molar-refractivity contribution in [1.29, 1.82) is 0 Å². The van der Waals surface area contributed by atoms with Crippen LogP contribution in [0, 0.1) is 5.41 Å². The summed E-state index contributed by atoms with van der Waals surface area (Å²) in [5.74, 6) is 1.33. The Kier molecular flexibility index (Phi) is 11.5. The minimum atomic E-state index is -0.996. The monoisotopic (exact) mass is 571 g/mol. The fourth-order valence-electron chi connectivity index (χ4n) is 4.95. The summed E-state index contributed by atoms with van der Waals surface area (Å²) >= 11 is 3.50. The van der Waals surface area contributed by atoms with Gasteiger partial charge in [0.25, 0.3) is 0 Å². The van der Waals surface area contributed by atoms with Gasteiger partial charge in [0.15, 0.2) is 0 Å². The number of carbonyl (C=O) groups is 1. The molecule has 0 spiro atoms. The number of aliphatic hydroxyl groups is 1. The molecule has 1 aliphatic rings. The predicted molar refractivity (Wildman–Crippen MR) is 159 cm³/mol. The number of aryl methyl sites for hydroxylation is 1. The van der Waals surface area contributed by atoms with E-state index in [0.717, 1.165) is 75.7 Å². The van der Waals surface area contributed by atoms with Crippen molar-refractivity contribution in [3.8, 4) is 11.1 Å². The quantitative estimate of drug-likeness (QED) is 0.249. The number of nitrogens with zero attached hydrogens (tertiary/aromatic N) is 1. The van der Waals surface area contributed by atoms with Gasteiger partial charge in [-0.2, -0.15) is 11.8 Å². The number of benzene rings is 2. The number of rotatable bonds is 13. The van der Waals surface area contributed by atoms with E-state index in [9.17, 15) is 15.0 Å². The Labute approximate surface area is 263 Å². The maximum absolute atomic E-state index is 11.3. The summed E-state index contributed by atoms with van der Waals surface area (Å²) in [6.45, 7) is 8.04. The number of thiazole rings is 1. The van der Waals surface area contributed by atoms with Gasteiger partial charge in [-0.15, -0.1) is 11.3 Å². The number of hydrogen-bond acceptors (Lipinski definition) is 6. The number of aliphatic carboxylic acids is 1. The first-order chi connectivity index (χ1) is 18.1. The number of hydrogen-bond donors (Lipinski definition) is 1. The van der Waals surface area contributed by atoms with Crippen molar-refractivity contribution in [3.05, 3.63) is 75.2 Å². The molecule has 3 aromatic rings. The Morgan fingerprint density at radius 2 is 1.87 bits per heavy atom. The van der Waals surface area contributed by atoms with Crippen molar-refractivity contribution in [2.75, 3.05) is 11.5 Å². The van der Waals surface area contributed by atoms with Gasteiger partial charge < -0.3 is 15.0 Å². The average Bonchev–Trinajstić information content (AvgIpc) is 3.43. The molecule has 1 heterocycles. The molecule has 1 N–H and O–H groups in total. The molecule has 0 amide bonds. The zero-order chi connectivity index (χ0) is 27.3. The molecule has 1 fully saturated rings. The van der Waals surface area contributed by atoms with Gasteiger partial charge in [0, 0.05) is 11.3 Å². The first-order valence-electron chi connectivity index (χ1n) is 13.4. The van der Waals surface area contributed by atoms with Crippen molar-refractivity contribution < 1.29 is 44.6 Å². The number of thioether (sulfide) groups is 1. The molecule has 0 radical (unpaired) electrons. The first-order valence-corrected chi connectivity index (χ1v) is 15.5. The summed E-state index contributed by atoms with van der Waals surface area (Å²) in [6.07, 6.45) is 8.21. The SMILES string of the molecule is CC(C)c1csc(C=Cc2ccccc2-c2cccc(CCCSCC3(CC(=O)[O-])CC3)c2C(C)(C)O)n1.[Na+]. The Morgan fingerprint density at radius 3 is 2.51 bits per heavy atom. The molecular weight excluding hydrogens is 533 g/mol. The summed E-state index contributed by atoms with van der Waals surface area (Å²) in [6, 6.07) is 14.6. The van der Waals surface area contributed by atoms with Crippen molar-refractivity contribution in [3.63, 3.8) is 0 Å². The van der Waals surface area contributed by atoms with Crippen LogP contribution in [0.3, 0.4) is 0 Å². The Morgan fingerprint density at radius 1 is 1.15 bits per heavy atom. The van der Waals surface area contributed by atoms with E-state index < -0.39 is 11.6 Å². The minimum Gasteiger partial charge on any atom is -0.550 e. The molecule has 202 valence electrons. The average molecular weight is 572 g/mol. The van der Waals surface area contributed by atoms with Gasteiger partial charge in [0.1, 0.15) is 5.01 Å². The normalized spacial score (nSPS) is 14.5. The summed E-state index contributed by atoms with van der Waals surface area (Å²) in [7, 11) is 0. The van der Waals surface area contributed by atoms with E-state index in [-0.39, 0.29) is 41.4 Å². The second-order valence-electron chi connectivity index (χ2n) is 11.3. The molecule has 0 aliphatic heterocycles. The maximum atomic E-state index is 11.3. The molecule has 39 heavy (non-hydrogen) atoms. The Bertz CT molecular complexity index is 1290. The number of carboxylic acids is 1. The van der Waals surface area contributed by atoms with Gasteiger partial charge in [-0.1, -0.05) is 62.4 Å². The van der Waals surface area contributed by atoms with Gasteiger partial charge >= 0.3 is 29.6 Å². The van der Waals surface area contributed by atoms with E-state index in [1.807, 2.05) is 37.7 Å². The zero-order valence-electron chi connectivity index (χ0n) is 23.8. The summed E-state index contributed by atoms with van der Waals surface area (Å²) in [4.78, 5) is 15.8. The van der Waals surface area contributed by atoms with Crippen LogP contribution in [0.15, 0.2) is 47.8 Å². The van der Waals surface area contributed by atoms with Gasteiger partial charge in [0.05, 0.1) is 11.3 Å². The van der Waals surface area contributed by atoms with Crippen LogP contribution in [0.4, 0.5) is 0 Å². The molecule has 4 rings (SSSR count). The smallest absolute Gasteiger partial charge is 0.550 e. The summed E-state index contributed by atoms with van der Waals surface area (Å²) in [5, 5.41) is 25.4.